The molecule has 30 heavy (non-hydrogen) atoms. The number of hydrogen-bond donors (Lipinski definition) is 4. The van der Waals surface area contributed by atoms with E-state index in [1.807, 2.05) is 0 Å². The maximum atomic E-state index is 14.6. The van der Waals surface area contributed by atoms with Gasteiger partial charge in [-0.15, -0.1) is 11.6 Å². The van der Waals surface area contributed by atoms with Crippen molar-refractivity contribution in [2.75, 3.05) is 30.9 Å². The first-order valence-electron chi connectivity index (χ1n) is 10.2. The number of alkyl halides is 2. The Labute approximate surface area is 185 Å². The zero-order valence-corrected chi connectivity index (χ0v) is 18.9. The molecule has 0 radical (unpaired) electrons. The van der Waals surface area contributed by atoms with E-state index < -0.39 is 32.0 Å². The molecule has 1 aliphatic carbocycles. The Kier molecular flexibility index (Phi) is 8.70. The largest absolute Gasteiger partial charge is 0.387 e. The van der Waals surface area contributed by atoms with Gasteiger partial charge in [-0.1, -0.05) is 11.3 Å². The Bertz CT molecular complexity index is 817. The highest BCUT2D eigenvalue weighted by Crippen LogP contribution is 2.30. The molecular weight excluding hydrogens is 456 g/mol. The maximum absolute atomic E-state index is 14.6. The molecule has 1 aliphatic heterocycles. The van der Waals surface area contributed by atoms with Gasteiger partial charge in [-0.2, -0.15) is 4.39 Å². The molecule has 170 valence electrons. The smallest absolute Gasteiger partial charge is 0.240 e. The lowest BCUT2D eigenvalue weighted by Gasteiger charge is -2.29. The lowest BCUT2D eigenvalue weighted by molar-refractivity contribution is 0.352. The summed E-state index contributed by atoms with van der Waals surface area (Å²) in [6.07, 6.45) is 4.67. The predicted molar refractivity (Wildman–Crippen MR) is 117 cm³/mol. The van der Waals surface area contributed by atoms with Gasteiger partial charge in [-0.3, -0.25) is 4.72 Å². The third kappa shape index (κ3) is 6.74. The second kappa shape index (κ2) is 11.0. The van der Waals surface area contributed by atoms with E-state index in [0.29, 0.717) is 29.6 Å². The molecule has 1 saturated heterocycles. The molecule has 4 atom stereocenters. The van der Waals surface area contributed by atoms with Gasteiger partial charge in [0.25, 0.3) is 0 Å². The van der Waals surface area contributed by atoms with Crippen LogP contribution in [0.15, 0.2) is 18.0 Å². The van der Waals surface area contributed by atoms with E-state index in [0.717, 1.165) is 38.7 Å². The van der Waals surface area contributed by atoms with Gasteiger partial charge in [0.05, 0.1) is 11.6 Å². The molecule has 1 fully saturated rings. The van der Waals surface area contributed by atoms with Crippen molar-refractivity contribution in [3.63, 3.8) is 0 Å². The van der Waals surface area contributed by atoms with Crippen LogP contribution in [0.3, 0.4) is 0 Å². The van der Waals surface area contributed by atoms with Gasteiger partial charge in [-0.25, -0.2) is 17.8 Å². The summed E-state index contributed by atoms with van der Waals surface area (Å²) in [5.41, 5.74) is 0.513. The number of nitrogens with zero attached hydrogens (tertiary/aromatic N) is 1. The maximum Gasteiger partial charge on any atom is 0.240 e. The summed E-state index contributed by atoms with van der Waals surface area (Å²) in [6, 6.07) is 0.572. The van der Waals surface area contributed by atoms with Crippen molar-refractivity contribution in [2.24, 2.45) is 0 Å². The summed E-state index contributed by atoms with van der Waals surface area (Å²) >= 11 is 6.86. The van der Waals surface area contributed by atoms with Gasteiger partial charge in [-0.05, 0) is 51.3 Å². The Morgan fingerprint density at radius 1 is 1.33 bits per heavy atom. The van der Waals surface area contributed by atoms with E-state index in [1.54, 1.807) is 0 Å². The molecule has 3 unspecified atom stereocenters. The first-order valence-corrected chi connectivity index (χ1v) is 13.0. The lowest BCUT2D eigenvalue weighted by Crippen LogP contribution is -2.42. The minimum Gasteiger partial charge on any atom is -0.387 e. The molecule has 2 heterocycles. The lowest BCUT2D eigenvalue weighted by atomic mass is 10.0. The second-order valence-corrected chi connectivity index (χ2v) is 11.0. The van der Waals surface area contributed by atoms with Crippen molar-refractivity contribution in [3.8, 4) is 0 Å². The Balaban J connectivity index is 1.40. The van der Waals surface area contributed by atoms with E-state index in [4.69, 9.17) is 11.6 Å². The van der Waals surface area contributed by atoms with Crippen LogP contribution in [0.1, 0.15) is 32.1 Å². The van der Waals surface area contributed by atoms with Crippen molar-refractivity contribution in [2.45, 2.75) is 54.9 Å². The highest BCUT2D eigenvalue weighted by atomic mass is 35.5. The van der Waals surface area contributed by atoms with Crippen molar-refractivity contribution < 1.29 is 17.2 Å². The number of thiazole rings is 1. The Hall–Kier alpha value is -1.01. The van der Waals surface area contributed by atoms with Crippen LogP contribution >= 0.6 is 22.9 Å². The molecule has 0 bridgehead atoms. The second-order valence-electron chi connectivity index (χ2n) is 7.56. The van der Waals surface area contributed by atoms with Gasteiger partial charge in [0, 0.05) is 24.8 Å². The number of nitrogens with one attached hydrogen (secondary N) is 4. The standard InChI is InChI=1S/C18H28ClF2N5O2S2/c19-13-8-16(30(27,28)26-18-25-11-17(21)29-18)14(20)9-15(13)24-6-2-1-5-22-10-12-4-3-7-23-12/h9,11-14,16,22-24H,1-8,10H2,(H,25,26)/t12?,13?,14-,16?/m0/s1. The van der Waals surface area contributed by atoms with Crippen LogP contribution in [0.5, 0.6) is 0 Å². The number of unbranched alkanes of at least 4 members (excludes halogenated alkanes) is 1. The molecule has 2 aliphatic rings. The van der Waals surface area contributed by atoms with E-state index in [2.05, 4.69) is 25.7 Å². The number of halogens is 3. The molecule has 0 amide bonds. The van der Waals surface area contributed by atoms with Crippen molar-refractivity contribution >= 4 is 38.1 Å². The third-order valence-electron chi connectivity index (χ3n) is 5.24. The SMILES string of the molecule is O=S(=O)(Nc1ncc(F)s1)C1CC(Cl)C(NCCCCNCC2CCCN2)=C[C@@H]1F. The molecule has 0 saturated carbocycles. The Morgan fingerprint density at radius 2 is 2.13 bits per heavy atom. The van der Waals surface area contributed by atoms with Crippen LogP contribution in [0.4, 0.5) is 13.9 Å². The van der Waals surface area contributed by atoms with Gasteiger partial charge in [0.15, 0.2) is 10.3 Å². The van der Waals surface area contributed by atoms with Gasteiger partial charge in [0.2, 0.25) is 10.0 Å². The fourth-order valence-corrected chi connectivity index (χ4v) is 6.30. The van der Waals surface area contributed by atoms with Crippen molar-refractivity contribution in [1.82, 2.24) is 20.9 Å². The summed E-state index contributed by atoms with van der Waals surface area (Å²) in [5.74, 6) is 0. The molecule has 1 aromatic heterocycles. The zero-order chi connectivity index (χ0) is 21.6. The first-order chi connectivity index (χ1) is 14.3. The highest BCUT2D eigenvalue weighted by Gasteiger charge is 2.39. The normalized spacial score (nSPS) is 27.1. The molecule has 4 N–H and O–H groups in total. The molecule has 1 aromatic rings. The zero-order valence-electron chi connectivity index (χ0n) is 16.5. The number of anilines is 1. The van der Waals surface area contributed by atoms with E-state index >= 15 is 0 Å². The Morgan fingerprint density at radius 3 is 2.83 bits per heavy atom. The number of aromatic nitrogens is 1. The fourth-order valence-electron chi connectivity index (χ4n) is 3.63. The van der Waals surface area contributed by atoms with Crippen LogP contribution < -0.4 is 20.7 Å². The predicted octanol–water partition coefficient (Wildman–Crippen LogP) is 2.34. The summed E-state index contributed by atoms with van der Waals surface area (Å²) in [7, 11) is -4.09. The monoisotopic (exact) mass is 483 g/mol. The molecule has 7 nitrogen and oxygen atoms in total. The van der Waals surface area contributed by atoms with Crippen LogP contribution in [-0.2, 0) is 10.0 Å². The molecule has 0 aromatic carbocycles. The first kappa shape index (κ1) is 23.6. The molecule has 12 heteroatoms. The molecular formula is C18H28ClF2N5O2S2. The topological polar surface area (TPSA) is 95.2 Å². The summed E-state index contributed by atoms with van der Waals surface area (Å²) < 4.78 is 54.7. The van der Waals surface area contributed by atoms with Crippen LogP contribution in [0, 0.1) is 5.13 Å². The van der Waals surface area contributed by atoms with E-state index in [1.165, 1.54) is 18.9 Å². The number of sulfonamides is 1. The number of allylic oxidation sites excluding steroid dienone is 2. The van der Waals surface area contributed by atoms with Crippen LogP contribution in [-0.4, -0.2) is 62.4 Å². The fraction of sp³-hybridized carbons (Fsp3) is 0.722. The summed E-state index contributed by atoms with van der Waals surface area (Å²) in [6.45, 7) is 3.63. The molecule has 0 spiro atoms. The highest BCUT2D eigenvalue weighted by molar-refractivity contribution is 7.93. The number of hydrogen-bond acceptors (Lipinski definition) is 7. The number of rotatable bonds is 11. The minimum atomic E-state index is -4.09. The summed E-state index contributed by atoms with van der Waals surface area (Å²) in [5, 5.41) is 7.26. The van der Waals surface area contributed by atoms with Crippen LogP contribution in [0.25, 0.3) is 0 Å². The minimum absolute atomic E-state index is 0.0826. The average Bonchev–Trinajstić information content (AvgIpc) is 3.34. The van der Waals surface area contributed by atoms with Crippen LogP contribution in [0.2, 0.25) is 0 Å². The van der Waals surface area contributed by atoms with E-state index in [9.17, 15) is 17.2 Å². The average molecular weight is 484 g/mol. The van der Waals surface area contributed by atoms with Gasteiger partial charge in [0.1, 0.15) is 11.4 Å². The van der Waals surface area contributed by atoms with Gasteiger partial charge < -0.3 is 16.0 Å². The van der Waals surface area contributed by atoms with Crippen molar-refractivity contribution in [1.29, 1.82) is 0 Å². The quantitative estimate of drug-likeness (QED) is 0.285. The van der Waals surface area contributed by atoms with Crippen molar-refractivity contribution in [3.05, 3.63) is 23.1 Å². The third-order valence-corrected chi connectivity index (χ3v) is 8.21. The van der Waals surface area contributed by atoms with Gasteiger partial charge >= 0.3 is 0 Å². The molecule has 3 rings (SSSR count). The van der Waals surface area contributed by atoms with E-state index in [-0.39, 0.29) is 11.6 Å². The summed E-state index contributed by atoms with van der Waals surface area (Å²) in [4.78, 5) is 3.61.